The standard InChI is InChI=1S/C22H27ClF3N3O/c23-18-9-17(22(24,25)26)13-27-19(18)28-2-1-3-29(5-4-28)20(30)21-10-14-6-15(11-21)8-16(7-14)12-21/h9,13-16H,1-8,10-12H2. The number of nitrogens with zero attached hydrogens (tertiary/aromatic N) is 3. The Hall–Kier alpha value is -1.50. The number of carbonyl (C=O) groups is 1. The molecule has 30 heavy (non-hydrogen) atoms. The van der Waals surface area contributed by atoms with Crippen molar-refractivity contribution in [2.75, 3.05) is 31.1 Å². The third-order valence-electron chi connectivity index (χ3n) is 7.72. The van der Waals surface area contributed by atoms with Crippen LogP contribution in [0.25, 0.3) is 0 Å². The van der Waals surface area contributed by atoms with Gasteiger partial charge in [-0.1, -0.05) is 11.6 Å². The minimum atomic E-state index is -4.46. The molecule has 8 heteroatoms. The van der Waals surface area contributed by atoms with Gasteiger partial charge in [0.2, 0.25) is 5.91 Å². The molecule has 1 amide bonds. The minimum Gasteiger partial charge on any atom is -0.354 e. The van der Waals surface area contributed by atoms with E-state index in [1.807, 2.05) is 9.80 Å². The van der Waals surface area contributed by atoms with E-state index in [0.29, 0.717) is 37.9 Å². The third-order valence-corrected chi connectivity index (χ3v) is 8.00. The Bertz CT molecular complexity index is 808. The highest BCUT2D eigenvalue weighted by Crippen LogP contribution is 2.60. The summed E-state index contributed by atoms with van der Waals surface area (Å²) in [5.41, 5.74) is -1.00. The van der Waals surface area contributed by atoms with Crippen molar-refractivity contribution >= 4 is 23.3 Å². The van der Waals surface area contributed by atoms with Gasteiger partial charge in [0.25, 0.3) is 0 Å². The average molecular weight is 442 g/mol. The smallest absolute Gasteiger partial charge is 0.354 e. The van der Waals surface area contributed by atoms with Crippen molar-refractivity contribution in [1.29, 1.82) is 0 Å². The van der Waals surface area contributed by atoms with Crippen LogP contribution < -0.4 is 4.90 Å². The molecule has 4 nitrogen and oxygen atoms in total. The summed E-state index contributed by atoms with van der Waals surface area (Å²) in [6.07, 6.45) is 4.19. The van der Waals surface area contributed by atoms with E-state index in [4.69, 9.17) is 11.6 Å². The molecule has 4 saturated carbocycles. The summed E-state index contributed by atoms with van der Waals surface area (Å²) in [4.78, 5) is 21.5. The van der Waals surface area contributed by atoms with Crippen molar-refractivity contribution in [2.45, 2.75) is 51.1 Å². The van der Waals surface area contributed by atoms with Crippen molar-refractivity contribution in [2.24, 2.45) is 23.2 Å². The highest BCUT2D eigenvalue weighted by atomic mass is 35.5. The fourth-order valence-corrected chi connectivity index (χ4v) is 7.14. The van der Waals surface area contributed by atoms with E-state index in [1.165, 1.54) is 19.3 Å². The summed E-state index contributed by atoms with van der Waals surface area (Å²) in [7, 11) is 0. The van der Waals surface area contributed by atoms with Crippen molar-refractivity contribution in [3.63, 3.8) is 0 Å². The Morgan fingerprint density at radius 3 is 2.23 bits per heavy atom. The zero-order valence-corrected chi connectivity index (χ0v) is 17.7. The van der Waals surface area contributed by atoms with Crippen LogP contribution in [-0.4, -0.2) is 42.0 Å². The Labute approximate surface area is 179 Å². The maximum Gasteiger partial charge on any atom is 0.417 e. The molecule has 0 N–H and O–H groups in total. The van der Waals surface area contributed by atoms with Crippen LogP contribution in [0.5, 0.6) is 0 Å². The summed E-state index contributed by atoms with van der Waals surface area (Å²) in [5.74, 6) is 2.85. The Morgan fingerprint density at radius 1 is 1.03 bits per heavy atom. The number of alkyl halides is 3. The molecular formula is C22H27ClF3N3O. The molecule has 1 aromatic heterocycles. The summed E-state index contributed by atoms with van der Waals surface area (Å²) < 4.78 is 38.7. The molecule has 5 fully saturated rings. The molecule has 1 saturated heterocycles. The molecule has 0 aromatic carbocycles. The second-order valence-electron chi connectivity index (χ2n) is 9.86. The number of hydrogen-bond acceptors (Lipinski definition) is 3. The van der Waals surface area contributed by atoms with Crippen LogP contribution in [0.4, 0.5) is 19.0 Å². The lowest BCUT2D eigenvalue weighted by Gasteiger charge is -2.56. The first-order valence-corrected chi connectivity index (χ1v) is 11.4. The summed E-state index contributed by atoms with van der Waals surface area (Å²) in [6.45, 7) is 2.42. The maximum atomic E-state index is 13.6. The molecular weight excluding hydrogens is 415 g/mol. The van der Waals surface area contributed by atoms with Crippen molar-refractivity contribution in [3.8, 4) is 0 Å². The lowest BCUT2D eigenvalue weighted by atomic mass is 9.49. The van der Waals surface area contributed by atoms with Gasteiger partial charge in [0, 0.05) is 32.4 Å². The Kier molecular flexibility index (Phi) is 4.95. The van der Waals surface area contributed by atoms with E-state index in [1.54, 1.807) is 0 Å². The number of halogens is 4. The number of anilines is 1. The molecule has 4 bridgehead atoms. The van der Waals surface area contributed by atoms with Gasteiger partial charge in [-0.2, -0.15) is 13.2 Å². The first-order chi connectivity index (χ1) is 14.2. The molecule has 0 atom stereocenters. The zero-order chi connectivity index (χ0) is 21.1. The normalized spacial score (nSPS) is 33.7. The average Bonchev–Trinajstić information content (AvgIpc) is 2.91. The maximum absolute atomic E-state index is 13.6. The summed E-state index contributed by atoms with van der Waals surface area (Å²) >= 11 is 6.15. The Balaban J connectivity index is 1.29. The highest BCUT2D eigenvalue weighted by molar-refractivity contribution is 6.33. The van der Waals surface area contributed by atoms with Crippen LogP contribution in [0.2, 0.25) is 5.02 Å². The summed E-state index contributed by atoms with van der Waals surface area (Å²) in [5, 5.41) is 0.00526. The van der Waals surface area contributed by atoms with Gasteiger partial charge in [-0.15, -0.1) is 0 Å². The van der Waals surface area contributed by atoms with Crippen LogP contribution in [0.1, 0.15) is 50.5 Å². The van der Waals surface area contributed by atoms with Gasteiger partial charge in [0.15, 0.2) is 0 Å². The second-order valence-corrected chi connectivity index (χ2v) is 10.3. The predicted molar refractivity (Wildman–Crippen MR) is 108 cm³/mol. The van der Waals surface area contributed by atoms with Gasteiger partial charge >= 0.3 is 6.18 Å². The van der Waals surface area contributed by atoms with Crippen LogP contribution >= 0.6 is 11.6 Å². The molecule has 2 heterocycles. The van der Waals surface area contributed by atoms with E-state index in [0.717, 1.165) is 55.7 Å². The van der Waals surface area contributed by atoms with Gasteiger partial charge in [-0.3, -0.25) is 4.79 Å². The van der Waals surface area contributed by atoms with Gasteiger partial charge in [-0.05, 0) is 68.8 Å². The van der Waals surface area contributed by atoms with Gasteiger partial charge in [0.05, 0.1) is 16.0 Å². The number of amides is 1. The zero-order valence-electron chi connectivity index (χ0n) is 16.9. The molecule has 0 spiro atoms. The number of pyridine rings is 1. The topological polar surface area (TPSA) is 36.4 Å². The SMILES string of the molecule is O=C(N1CCCN(c2ncc(C(F)(F)F)cc2Cl)CC1)C12CC3CC(CC(C3)C1)C2. The molecule has 6 rings (SSSR count). The predicted octanol–water partition coefficient (Wildman–Crippen LogP) is 5.01. The second kappa shape index (κ2) is 7.28. The fraction of sp³-hybridized carbons (Fsp3) is 0.727. The molecule has 1 aromatic rings. The van der Waals surface area contributed by atoms with E-state index < -0.39 is 11.7 Å². The van der Waals surface area contributed by atoms with Crippen LogP contribution in [0.15, 0.2) is 12.3 Å². The largest absolute Gasteiger partial charge is 0.417 e. The van der Waals surface area contributed by atoms with Gasteiger partial charge in [-0.25, -0.2) is 4.98 Å². The molecule has 0 unspecified atom stereocenters. The lowest BCUT2D eigenvalue weighted by Crippen LogP contribution is -2.55. The quantitative estimate of drug-likeness (QED) is 0.647. The van der Waals surface area contributed by atoms with E-state index >= 15 is 0 Å². The molecule has 0 radical (unpaired) electrons. The summed E-state index contributed by atoms with van der Waals surface area (Å²) in [6, 6.07) is 0.938. The van der Waals surface area contributed by atoms with E-state index in [9.17, 15) is 18.0 Å². The molecule has 5 aliphatic rings. The molecule has 1 aliphatic heterocycles. The van der Waals surface area contributed by atoms with E-state index in [-0.39, 0.29) is 10.4 Å². The Morgan fingerprint density at radius 2 is 1.67 bits per heavy atom. The van der Waals surface area contributed by atoms with Crippen molar-refractivity contribution in [1.82, 2.24) is 9.88 Å². The fourth-order valence-electron chi connectivity index (χ4n) is 6.86. The van der Waals surface area contributed by atoms with Crippen LogP contribution in [0, 0.1) is 23.2 Å². The van der Waals surface area contributed by atoms with Gasteiger partial charge in [0.1, 0.15) is 5.82 Å². The molecule has 4 aliphatic carbocycles. The number of carbonyl (C=O) groups excluding carboxylic acids is 1. The lowest BCUT2D eigenvalue weighted by molar-refractivity contribution is -0.157. The minimum absolute atomic E-state index is 0.00526. The van der Waals surface area contributed by atoms with Gasteiger partial charge < -0.3 is 9.80 Å². The van der Waals surface area contributed by atoms with Crippen LogP contribution in [-0.2, 0) is 11.0 Å². The molecule has 164 valence electrons. The van der Waals surface area contributed by atoms with Crippen molar-refractivity contribution < 1.29 is 18.0 Å². The van der Waals surface area contributed by atoms with Crippen LogP contribution in [0.3, 0.4) is 0 Å². The monoisotopic (exact) mass is 441 g/mol. The first kappa shape index (κ1) is 20.4. The number of hydrogen-bond donors (Lipinski definition) is 0. The van der Waals surface area contributed by atoms with Crippen molar-refractivity contribution in [3.05, 3.63) is 22.8 Å². The first-order valence-electron chi connectivity index (χ1n) is 11.0. The number of rotatable bonds is 2. The third kappa shape index (κ3) is 3.57. The highest BCUT2D eigenvalue weighted by Gasteiger charge is 2.55. The number of aromatic nitrogens is 1. The van der Waals surface area contributed by atoms with E-state index in [2.05, 4.69) is 4.98 Å².